The van der Waals surface area contributed by atoms with Crippen LogP contribution < -0.4 is 9.64 Å². The van der Waals surface area contributed by atoms with E-state index in [2.05, 4.69) is 29.5 Å². The maximum absolute atomic E-state index is 14.0. The predicted molar refractivity (Wildman–Crippen MR) is 167 cm³/mol. The molecule has 2 aromatic carbocycles. The molecule has 0 N–H and O–H groups in total. The highest BCUT2D eigenvalue weighted by Gasteiger charge is 2.53. The molecule has 0 radical (unpaired) electrons. The lowest BCUT2D eigenvalue weighted by Crippen LogP contribution is -2.55. The number of carbonyl (C=O) groups excluding carboxylic acids is 1. The monoisotopic (exact) mass is 611 g/mol. The van der Waals surface area contributed by atoms with Gasteiger partial charge in [0.25, 0.3) is 5.91 Å². The molecule has 44 heavy (non-hydrogen) atoms. The van der Waals surface area contributed by atoms with Crippen LogP contribution >= 0.6 is 11.6 Å². The number of piperazine rings is 1. The molecule has 4 atom stereocenters. The van der Waals surface area contributed by atoms with Crippen molar-refractivity contribution in [2.45, 2.75) is 49.9 Å². The first-order valence-electron chi connectivity index (χ1n) is 14.8. The number of pyridine rings is 1. The van der Waals surface area contributed by atoms with Gasteiger partial charge in [-0.2, -0.15) is 15.2 Å². The Balaban J connectivity index is 1.32. The van der Waals surface area contributed by atoms with Crippen LogP contribution in [0.5, 0.6) is 6.01 Å². The number of likely N-dealkylation sites (N-methyl/N-ethyl adjacent to an activating group) is 1. The van der Waals surface area contributed by atoms with Crippen molar-refractivity contribution in [3.63, 3.8) is 0 Å². The lowest BCUT2D eigenvalue weighted by molar-refractivity contribution is -0.131. The van der Waals surface area contributed by atoms with Gasteiger partial charge >= 0.3 is 6.01 Å². The molecule has 0 spiro atoms. The molecule has 2 bridgehead atoms. The first kappa shape index (κ1) is 28.4. The largest absolute Gasteiger partial charge is 0.462 e. The van der Waals surface area contributed by atoms with Gasteiger partial charge in [-0.05, 0) is 56.4 Å². The number of hydrogen-bond donors (Lipinski definition) is 0. The van der Waals surface area contributed by atoms with Gasteiger partial charge in [0.15, 0.2) is 11.5 Å². The molecule has 1 amide bonds. The quantitative estimate of drug-likeness (QED) is 0.252. The first-order valence-corrected chi connectivity index (χ1v) is 15.2. The van der Waals surface area contributed by atoms with Crippen molar-refractivity contribution in [1.82, 2.24) is 24.8 Å². The van der Waals surface area contributed by atoms with Crippen molar-refractivity contribution in [1.29, 1.82) is 5.26 Å². The number of carbonyl (C=O) groups is 1. The SMILES string of the molecule is C=C(F)C(=O)N1C2CC(C1CC#N)N(c1nc(OCC3CCCN3C)nc3nc(-c4cccc5cccc(Cl)c45)ccc13)C2. The van der Waals surface area contributed by atoms with Gasteiger partial charge in [0.2, 0.25) is 0 Å². The van der Waals surface area contributed by atoms with E-state index in [1.54, 1.807) is 0 Å². The van der Waals surface area contributed by atoms with Crippen molar-refractivity contribution < 1.29 is 13.9 Å². The summed E-state index contributed by atoms with van der Waals surface area (Å²) < 4.78 is 20.2. The summed E-state index contributed by atoms with van der Waals surface area (Å²) >= 11 is 6.65. The van der Waals surface area contributed by atoms with E-state index in [1.165, 1.54) is 4.90 Å². The summed E-state index contributed by atoms with van der Waals surface area (Å²) in [6.07, 6.45) is 2.82. The van der Waals surface area contributed by atoms with E-state index >= 15 is 0 Å². The number of fused-ring (bicyclic) bond motifs is 4. The third kappa shape index (κ3) is 4.81. The molecule has 5 heterocycles. The Bertz CT molecular complexity index is 1840. The molecule has 2 aromatic heterocycles. The Morgan fingerprint density at radius 1 is 1.18 bits per heavy atom. The Hall–Kier alpha value is -4.33. The summed E-state index contributed by atoms with van der Waals surface area (Å²) in [5.74, 6) is -1.14. The fourth-order valence-corrected chi connectivity index (χ4v) is 7.45. The number of rotatable bonds is 7. The van der Waals surface area contributed by atoms with Gasteiger partial charge in [0, 0.05) is 28.6 Å². The molecule has 4 unspecified atom stereocenters. The van der Waals surface area contributed by atoms with Crippen LogP contribution in [0, 0.1) is 11.3 Å². The van der Waals surface area contributed by atoms with Gasteiger partial charge in [-0.1, -0.05) is 48.5 Å². The molecule has 3 aliphatic rings. The van der Waals surface area contributed by atoms with Crippen LogP contribution in [0.4, 0.5) is 10.2 Å². The molecule has 9 nitrogen and oxygen atoms in total. The Kier molecular flexibility index (Phi) is 7.31. The summed E-state index contributed by atoms with van der Waals surface area (Å²) in [6, 6.07) is 17.4. The van der Waals surface area contributed by atoms with Crippen LogP contribution in [0.3, 0.4) is 0 Å². The van der Waals surface area contributed by atoms with Crippen molar-refractivity contribution >= 4 is 45.1 Å². The molecule has 0 aliphatic carbocycles. The molecule has 224 valence electrons. The fraction of sp³-hybridized carbons (Fsp3) is 0.364. The third-order valence-corrected chi connectivity index (χ3v) is 9.60. The maximum Gasteiger partial charge on any atom is 0.320 e. The van der Waals surface area contributed by atoms with Crippen LogP contribution in [0.2, 0.25) is 5.02 Å². The Labute approximate surface area is 259 Å². The normalized spacial score (nSPS) is 23.0. The van der Waals surface area contributed by atoms with Gasteiger partial charge in [0.1, 0.15) is 12.4 Å². The summed E-state index contributed by atoms with van der Waals surface area (Å²) in [4.78, 5) is 33.2. The molecule has 3 saturated heterocycles. The fourth-order valence-electron chi connectivity index (χ4n) is 7.17. The molecule has 3 fully saturated rings. The molecule has 4 aromatic rings. The molecule has 11 heteroatoms. The number of halogens is 2. The van der Waals surface area contributed by atoms with Gasteiger partial charge in [-0.15, -0.1) is 0 Å². The first-order chi connectivity index (χ1) is 21.3. The second-order valence-corrected chi connectivity index (χ2v) is 12.2. The second-order valence-electron chi connectivity index (χ2n) is 11.8. The van der Waals surface area contributed by atoms with Gasteiger partial charge in [-0.25, -0.2) is 9.37 Å². The highest BCUT2D eigenvalue weighted by atomic mass is 35.5. The van der Waals surface area contributed by atoms with Crippen molar-refractivity contribution in [3.05, 3.63) is 66.0 Å². The van der Waals surface area contributed by atoms with Crippen molar-refractivity contribution in [2.75, 3.05) is 31.6 Å². The number of likely N-dealkylation sites (tertiary alicyclic amines) is 2. The van der Waals surface area contributed by atoms with Gasteiger partial charge in [-0.3, -0.25) is 4.79 Å². The van der Waals surface area contributed by atoms with E-state index in [9.17, 15) is 14.4 Å². The summed E-state index contributed by atoms with van der Waals surface area (Å²) in [7, 11) is 2.09. The number of amides is 1. The topological polar surface area (TPSA) is 98.5 Å². The summed E-state index contributed by atoms with van der Waals surface area (Å²) in [6.45, 7) is 5.12. The van der Waals surface area contributed by atoms with Crippen molar-refractivity contribution in [3.8, 4) is 23.3 Å². The van der Waals surface area contributed by atoms with E-state index in [1.807, 2.05) is 48.5 Å². The molecular formula is C33H31ClFN7O2. The van der Waals surface area contributed by atoms with E-state index in [-0.39, 0.29) is 30.6 Å². The minimum atomic E-state index is -1.02. The van der Waals surface area contributed by atoms with E-state index < -0.39 is 17.8 Å². The number of ether oxygens (including phenoxy) is 1. The zero-order valence-electron chi connectivity index (χ0n) is 24.3. The van der Waals surface area contributed by atoms with E-state index in [4.69, 9.17) is 31.3 Å². The highest BCUT2D eigenvalue weighted by Crippen LogP contribution is 2.43. The number of nitriles is 1. The van der Waals surface area contributed by atoms with Crippen molar-refractivity contribution in [2.24, 2.45) is 0 Å². The standard InChI is InChI=1S/C33H31ClFN7O2/c1-19(35)32(43)42-22-16-28(27(42)13-14-36)41(17-22)31-24-11-12-26(23-9-3-6-20-7-4-10-25(34)29(20)23)37-30(24)38-33(39-31)44-18-21-8-5-15-40(21)2/h3-4,6-7,9-12,21-22,27-28H,1,5,8,13,15-18H2,2H3. The Morgan fingerprint density at radius 2 is 2.00 bits per heavy atom. The highest BCUT2D eigenvalue weighted by molar-refractivity contribution is 6.36. The molecule has 0 saturated carbocycles. The average molecular weight is 612 g/mol. The number of nitrogens with zero attached hydrogens (tertiary/aromatic N) is 7. The predicted octanol–water partition coefficient (Wildman–Crippen LogP) is 5.53. The maximum atomic E-state index is 14.0. The zero-order chi connectivity index (χ0) is 30.5. The van der Waals surface area contributed by atoms with Crippen LogP contribution in [0.25, 0.3) is 33.1 Å². The molecule has 7 rings (SSSR count). The minimum Gasteiger partial charge on any atom is -0.462 e. The van der Waals surface area contributed by atoms with Crippen LogP contribution in [-0.2, 0) is 4.79 Å². The van der Waals surface area contributed by atoms with E-state index in [0.717, 1.165) is 41.1 Å². The van der Waals surface area contributed by atoms with Crippen LogP contribution in [-0.4, -0.2) is 81.6 Å². The van der Waals surface area contributed by atoms with Crippen LogP contribution in [0.1, 0.15) is 25.7 Å². The number of hydrogen-bond acceptors (Lipinski definition) is 8. The van der Waals surface area contributed by atoms with Gasteiger partial charge < -0.3 is 19.4 Å². The second kappa shape index (κ2) is 11.3. The molecule has 3 aliphatic heterocycles. The number of aromatic nitrogens is 3. The minimum absolute atomic E-state index is 0.0707. The Morgan fingerprint density at radius 3 is 2.75 bits per heavy atom. The third-order valence-electron chi connectivity index (χ3n) is 9.28. The number of benzene rings is 2. The number of anilines is 1. The lowest BCUT2D eigenvalue weighted by atomic mass is 10.0. The van der Waals surface area contributed by atoms with E-state index in [0.29, 0.717) is 41.8 Å². The van der Waals surface area contributed by atoms with Gasteiger partial charge in [0.05, 0.1) is 41.7 Å². The average Bonchev–Trinajstić information content (AvgIpc) is 3.73. The van der Waals surface area contributed by atoms with Crippen LogP contribution in [0.15, 0.2) is 60.9 Å². The smallest absolute Gasteiger partial charge is 0.320 e. The summed E-state index contributed by atoms with van der Waals surface area (Å²) in [5.41, 5.74) is 2.07. The zero-order valence-corrected chi connectivity index (χ0v) is 25.0. The summed E-state index contributed by atoms with van der Waals surface area (Å²) in [5, 5.41) is 12.9. The molecular weight excluding hydrogens is 581 g/mol. The lowest BCUT2D eigenvalue weighted by Gasteiger charge is -2.40.